The standard InChI is InChI=1S/C24H28O4/c1-3-5-7-19-14-10-9-13-15-11-18-16(20(8-6-4-2)27-23(18)25)12-17(15)21(13)22(14)24(26)28-19/h7-8,13,15,17,21H,3-6,9-12H2,1-2H3. The van der Waals surface area contributed by atoms with Crippen LogP contribution in [-0.2, 0) is 19.1 Å². The van der Waals surface area contributed by atoms with Crippen molar-refractivity contribution in [3.63, 3.8) is 0 Å². The van der Waals surface area contributed by atoms with Crippen LogP contribution >= 0.6 is 0 Å². The quantitative estimate of drug-likeness (QED) is 0.635. The first-order chi connectivity index (χ1) is 13.6. The summed E-state index contributed by atoms with van der Waals surface area (Å²) in [5.41, 5.74) is 4.13. The van der Waals surface area contributed by atoms with Gasteiger partial charge in [-0.05, 0) is 74.3 Å². The van der Waals surface area contributed by atoms with Crippen LogP contribution < -0.4 is 0 Å². The zero-order chi connectivity index (χ0) is 19.4. The summed E-state index contributed by atoms with van der Waals surface area (Å²) in [5, 5.41) is 0. The van der Waals surface area contributed by atoms with Gasteiger partial charge in [0.2, 0.25) is 0 Å². The Morgan fingerprint density at radius 3 is 2.18 bits per heavy atom. The van der Waals surface area contributed by atoms with Crippen molar-refractivity contribution in [2.24, 2.45) is 23.7 Å². The van der Waals surface area contributed by atoms with Gasteiger partial charge in [-0.2, -0.15) is 0 Å². The number of rotatable bonds is 4. The molecule has 5 rings (SSSR count). The number of allylic oxidation sites excluding steroid dienone is 4. The van der Waals surface area contributed by atoms with E-state index in [2.05, 4.69) is 26.0 Å². The molecule has 28 heavy (non-hydrogen) atoms. The number of hydrogen-bond acceptors (Lipinski definition) is 4. The minimum Gasteiger partial charge on any atom is -0.423 e. The number of carbonyl (C=O) groups excluding carboxylic acids is 2. The van der Waals surface area contributed by atoms with Gasteiger partial charge in [0.05, 0.1) is 0 Å². The first-order valence-corrected chi connectivity index (χ1v) is 10.9. The van der Waals surface area contributed by atoms with Crippen LogP contribution in [0.25, 0.3) is 0 Å². The highest BCUT2D eigenvalue weighted by Crippen LogP contribution is 2.64. The average Bonchev–Trinajstić information content (AvgIpc) is 3.17. The maximum Gasteiger partial charge on any atom is 0.340 e. The summed E-state index contributed by atoms with van der Waals surface area (Å²) in [6.07, 6.45) is 11.8. The predicted octanol–water partition coefficient (Wildman–Crippen LogP) is 5.13. The Labute approximate surface area is 166 Å². The number of hydrogen-bond donors (Lipinski definition) is 0. The van der Waals surface area contributed by atoms with Gasteiger partial charge in [-0.1, -0.05) is 26.7 Å². The van der Waals surface area contributed by atoms with E-state index in [0.717, 1.165) is 79.6 Å². The van der Waals surface area contributed by atoms with Crippen molar-refractivity contribution >= 4 is 11.9 Å². The monoisotopic (exact) mass is 380 g/mol. The molecule has 4 nitrogen and oxygen atoms in total. The summed E-state index contributed by atoms with van der Waals surface area (Å²) in [4.78, 5) is 25.1. The molecule has 2 aliphatic heterocycles. The van der Waals surface area contributed by atoms with E-state index in [-0.39, 0.29) is 11.9 Å². The van der Waals surface area contributed by atoms with Crippen molar-refractivity contribution in [3.8, 4) is 0 Å². The molecule has 1 fully saturated rings. The average molecular weight is 380 g/mol. The van der Waals surface area contributed by atoms with Gasteiger partial charge in [-0.3, -0.25) is 0 Å². The van der Waals surface area contributed by atoms with Gasteiger partial charge in [0.1, 0.15) is 11.5 Å². The summed E-state index contributed by atoms with van der Waals surface area (Å²) in [7, 11) is 0. The molecule has 4 unspecified atom stereocenters. The summed E-state index contributed by atoms with van der Waals surface area (Å²) in [6.45, 7) is 4.26. The van der Waals surface area contributed by atoms with E-state index in [1.165, 1.54) is 5.57 Å². The molecule has 0 radical (unpaired) electrons. The number of ether oxygens (including phenoxy) is 2. The highest BCUT2D eigenvalue weighted by atomic mass is 16.5. The molecule has 0 spiro atoms. The van der Waals surface area contributed by atoms with Gasteiger partial charge in [-0.15, -0.1) is 0 Å². The van der Waals surface area contributed by atoms with E-state index in [0.29, 0.717) is 23.7 Å². The van der Waals surface area contributed by atoms with Crippen LogP contribution in [0, 0.1) is 23.7 Å². The molecule has 0 saturated heterocycles. The zero-order valence-electron chi connectivity index (χ0n) is 16.8. The van der Waals surface area contributed by atoms with E-state index >= 15 is 0 Å². The number of unbranched alkanes of at least 4 members (excludes halogenated alkanes) is 2. The normalized spacial score (nSPS) is 36.1. The van der Waals surface area contributed by atoms with Crippen molar-refractivity contribution in [2.45, 2.75) is 65.2 Å². The lowest BCUT2D eigenvalue weighted by molar-refractivity contribution is -0.137. The third kappa shape index (κ3) is 2.49. The third-order valence-electron chi connectivity index (χ3n) is 7.36. The van der Waals surface area contributed by atoms with Crippen LogP contribution in [0.3, 0.4) is 0 Å². The van der Waals surface area contributed by atoms with E-state index in [4.69, 9.17) is 9.47 Å². The second-order valence-electron chi connectivity index (χ2n) is 8.81. The van der Waals surface area contributed by atoms with Crippen LogP contribution in [0.1, 0.15) is 65.2 Å². The van der Waals surface area contributed by atoms with Gasteiger partial charge < -0.3 is 9.47 Å². The lowest BCUT2D eigenvalue weighted by atomic mass is 9.46. The Balaban J connectivity index is 1.45. The van der Waals surface area contributed by atoms with Crippen molar-refractivity contribution in [2.75, 3.05) is 0 Å². The molecule has 0 amide bonds. The topological polar surface area (TPSA) is 52.6 Å². The smallest absolute Gasteiger partial charge is 0.340 e. The van der Waals surface area contributed by atoms with Gasteiger partial charge in [0, 0.05) is 22.3 Å². The summed E-state index contributed by atoms with van der Waals surface area (Å²) in [6, 6.07) is 0. The molecule has 3 aliphatic carbocycles. The molecule has 1 saturated carbocycles. The lowest BCUT2D eigenvalue weighted by Gasteiger charge is -2.56. The molecule has 4 atom stereocenters. The van der Waals surface area contributed by atoms with Gasteiger partial charge in [0.25, 0.3) is 0 Å². The van der Waals surface area contributed by atoms with Crippen molar-refractivity contribution in [1.29, 1.82) is 0 Å². The van der Waals surface area contributed by atoms with Crippen molar-refractivity contribution in [3.05, 3.63) is 46.0 Å². The Morgan fingerprint density at radius 1 is 0.821 bits per heavy atom. The Bertz CT molecular complexity index is 869. The minimum absolute atomic E-state index is 0.120. The minimum atomic E-state index is -0.139. The summed E-state index contributed by atoms with van der Waals surface area (Å²) < 4.78 is 11.3. The molecule has 0 aromatic heterocycles. The van der Waals surface area contributed by atoms with E-state index < -0.39 is 0 Å². The summed E-state index contributed by atoms with van der Waals surface area (Å²) in [5.74, 6) is 3.09. The van der Waals surface area contributed by atoms with Crippen LogP contribution in [0.5, 0.6) is 0 Å². The number of fused-ring (bicyclic) bond motifs is 5. The highest BCUT2D eigenvalue weighted by Gasteiger charge is 2.59. The van der Waals surface area contributed by atoms with Gasteiger partial charge in [0.15, 0.2) is 0 Å². The van der Waals surface area contributed by atoms with Crippen LogP contribution in [-0.4, -0.2) is 11.9 Å². The van der Waals surface area contributed by atoms with Crippen LogP contribution in [0.15, 0.2) is 46.0 Å². The van der Waals surface area contributed by atoms with Crippen LogP contribution in [0.4, 0.5) is 0 Å². The van der Waals surface area contributed by atoms with Gasteiger partial charge in [-0.25, -0.2) is 9.59 Å². The van der Waals surface area contributed by atoms with E-state index in [1.54, 1.807) is 0 Å². The first-order valence-electron chi connectivity index (χ1n) is 10.9. The molecule has 0 N–H and O–H groups in total. The molecule has 148 valence electrons. The fourth-order valence-electron chi connectivity index (χ4n) is 6.08. The predicted molar refractivity (Wildman–Crippen MR) is 105 cm³/mol. The number of esters is 2. The molecule has 0 aromatic carbocycles. The molecular weight excluding hydrogens is 352 g/mol. The molecule has 4 heteroatoms. The molecule has 5 aliphatic rings. The fraction of sp³-hybridized carbons (Fsp3) is 0.583. The Morgan fingerprint density at radius 2 is 1.46 bits per heavy atom. The molecule has 2 heterocycles. The zero-order valence-corrected chi connectivity index (χ0v) is 16.8. The largest absolute Gasteiger partial charge is 0.423 e. The highest BCUT2D eigenvalue weighted by molar-refractivity contribution is 5.97. The van der Waals surface area contributed by atoms with Crippen molar-refractivity contribution < 1.29 is 19.1 Å². The number of cyclic esters (lactones) is 2. The molecular formula is C24H28O4. The second kappa shape index (κ2) is 6.75. The van der Waals surface area contributed by atoms with Gasteiger partial charge >= 0.3 is 11.9 Å². The fourth-order valence-corrected chi connectivity index (χ4v) is 6.08. The van der Waals surface area contributed by atoms with Crippen molar-refractivity contribution in [1.82, 2.24) is 0 Å². The lowest BCUT2D eigenvalue weighted by Crippen LogP contribution is -2.51. The first kappa shape index (κ1) is 18.0. The molecule has 0 bridgehead atoms. The maximum absolute atomic E-state index is 12.7. The van der Waals surface area contributed by atoms with E-state index in [1.807, 2.05) is 0 Å². The third-order valence-corrected chi connectivity index (χ3v) is 7.36. The summed E-state index contributed by atoms with van der Waals surface area (Å²) >= 11 is 0. The van der Waals surface area contributed by atoms with Crippen LogP contribution in [0.2, 0.25) is 0 Å². The van der Waals surface area contributed by atoms with E-state index in [9.17, 15) is 9.59 Å². The maximum atomic E-state index is 12.7. The Hall–Kier alpha value is -2.10. The Kier molecular flexibility index (Phi) is 4.33. The SMILES string of the molecule is CCCC=C1OC(=O)C2=C1CC1C(C2)C2CCC3=C(C(=O)OC3=CCCC)C21. The molecule has 0 aromatic rings. The number of carbonyl (C=O) groups is 2. The second-order valence-corrected chi connectivity index (χ2v) is 8.81.